The Morgan fingerprint density at radius 2 is 1.56 bits per heavy atom. The second-order valence-electron chi connectivity index (χ2n) is 4.34. The molecule has 0 heterocycles. The Morgan fingerprint density at radius 1 is 0.812 bits per heavy atom. The summed E-state index contributed by atoms with van der Waals surface area (Å²) >= 11 is 6.09. The molecule has 0 aliphatic carbocycles. The average Bonchev–Trinajstić information content (AvgIpc) is 2.20. The molecule has 1 heteroatoms. The van der Waals surface area contributed by atoms with E-state index in [0.717, 1.165) is 5.02 Å². The number of rotatable bonds is 1. The molecule has 0 saturated carbocycles. The minimum atomic E-state index is 0.802. The molecule has 0 spiro atoms. The summed E-state index contributed by atoms with van der Waals surface area (Å²) in [4.78, 5) is 0. The highest BCUT2D eigenvalue weighted by Gasteiger charge is 2.04. The van der Waals surface area contributed by atoms with Crippen LogP contribution in [-0.4, -0.2) is 0 Å². The highest BCUT2D eigenvalue weighted by molar-refractivity contribution is 6.31. The van der Waals surface area contributed by atoms with Crippen LogP contribution in [0.2, 0.25) is 5.02 Å². The average molecular weight is 231 g/mol. The third kappa shape index (κ3) is 2.28. The number of aryl methyl sites for hydroxylation is 3. The molecule has 0 nitrogen and oxygen atoms in total. The first kappa shape index (κ1) is 11.2. The topological polar surface area (TPSA) is 0 Å². The van der Waals surface area contributed by atoms with E-state index in [4.69, 9.17) is 11.6 Å². The molecule has 0 radical (unpaired) electrons. The third-order valence-electron chi connectivity index (χ3n) is 2.75. The SMILES string of the molecule is Cc1cc(Cl)cc(-c2cc(C)ccc2C)c1. The standard InChI is InChI=1S/C15H15Cl/c1-10-4-5-12(3)15(8-10)13-6-11(2)7-14(16)9-13/h4-9H,1-3H3. The summed E-state index contributed by atoms with van der Waals surface area (Å²) in [6.45, 7) is 6.31. The Balaban J connectivity index is 2.62. The van der Waals surface area contributed by atoms with Crippen molar-refractivity contribution in [2.75, 3.05) is 0 Å². The molecule has 2 aromatic rings. The first-order valence-corrected chi connectivity index (χ1v) is 5.79. The molecule has 0 N–H and O–H groups in total. The van der Waals surface area contributed by atoms with Gasteiger partial charge in [-0.25, -0.2) is 0 Å². The summed E-state index contributed by atoms with van der Waals surface area (Å²) in [5, 5.41) is 0.802. The Morgan fingerprint density at radius 3 is 2.25 bits per heavy atom. The van der Waals surface area contributed by atoms with E-state index in [9.17, 15) is 0 Å². The van der Waals surface area contributed by atoms with Gasteiger partial charge < -0.3 is 0 Å². The van der Waals surface area contributed by atoms with Crippen molar-refractivity contribution < 1.29 is 0 Å². The fraction of sp³-hybridized carbons (Fsp3) is 0.200. The Bertz CT molecular complexity index is 507. The van der Waals surface area contributed by atoms with Crippen LogP contribution in [0.3, 0.4) is 0 Å². The fourth-order valence-electron chi connectivity index (χ4n) is 1.94. The first-order chi connectivity index (χ1) is 7.56. The molecule has 0 fully saturated rings. The van der Waals surface area contributed by atoms with Crippen LogP contribution in [0.25, 0.3) is 11.1 Å². The molecule has 2 rings (SSSR count). The lowest BCUT2D eigenvalue weighted by Crippen LogP contribution is -1.86. The van der Waals surface area contributed by atoms with Crippen LogP contribution < -0.4 is 0 Å². The largest absolute Gasteiger partial charge is 0.0843 e. The highest BCUT2D eigenvalue weighted by atomic mass is 35.5. The van der Waals surface area contributed by atoms with Crippen LogP contribution in [0, 0.1) is 20.8 Å². The van der Waals surface area contributed by atoms with Crippen LogP contribution in [0.4, 0.5) is 0 Å². The molecule has 16 heavy (non-hydrogen) atoms. The lowest BCUT2D eigenvalue weighted by Gasteiger charge is -2.09. The van der Waals surface area contributed by atoms with Crippen LogP contribution >= 0.6 is 11.6 Å². The molecule has 0 unspecified atom stereocenters. The smallest absolute Gasteiger partial charge is 0.0414 e. The van der Waals surface area contributed by atoms with Crippen LogP contribution in [0.15, 0.2) is 36.4 Å². The molecule has 0 aromatic heterocycles. The number of hydrogen-bond acceptors (Lipinski definition) is 0. The minimum absolute atomic E-state index is 0.802. The van der Waals surface area contributed by atoms with Crippen LogP contribution in [-0.2, 0) is 0 Å². The Kier molecular flexibility index (Phi) is 3.02. The van der Waals surface area contributed by atoms with Gasteiger partial charge in [0.05, 0.1) is 0 Å². The van der Waals surface area contributed by atoms with Gasteiger partial charge in [0.1, 0.15) is 0 Å². The van der Waals surface area contributed by atoms with Gasteiger partial charge in [-0.1, -0.05) is 41.4 Å². The lowest BCUT2D eigenvalue weighted by molar-refractivity contribution is 1.38. The molecule has 0 atom stereocenters. The maximum Gasteiger partial charge on any atom is 0.0414 e. The van der Waals surface area contributed by atoms with E-state index in [-0.39, 0.29) is 0 Å². The van der Waals surface area contributed by atoms with Crippen molar-refractivity contribution >= 4 is 11.6 Å². The number of hydrogen-bond donors (Lipinski definition) is 0. The lowest BCUT2D eigenvalue weighted by atomic mass is 9.97. The first-order valence-electron chi connectivity index (χ1n) is 5.41. The molecule has 0 amide bonds. The van der Waals surface area contributed by atoms with Crippen molar-refractivity contribution in [3.63, 3.8) is 0 Å². The van der Waals surface area contributed by atoms with Crippen molar-refractivity contribution in [2.45, 2.75) is 20.8 Å². The minimum Gasteiger partial charge on any atom is -0.0843 e. The van der Waals surface area contributed by atoms with Gasteiger partial charge in [-0.15, -0.1) is 0 Å². The molecular weight excluding hydrogens is 216 g/mol. The number of halogens is 1. The van der Waals surface area contributed by atoms with E-state index in [1.807, 2.05) is 12.1 Å². The van der Waals surface area contributed by atoms with Crippen LogP contribution in [0.1, 0.15) is 16.7 Å². The molecule has 0 aliphatic heterocycles. The zero-order chi connectivity index (χ0) is 11.7. The van der Waals surface area contributed by atoms with Gasteiger partial charge >= 0.3 is 0 Å². The molecule has 82 valence electrons. The van der Waals surface area contributed by atoms with Gasteiger partial charge in [-0.3, -0.25) is 0 Å². The molecular formula is C15H15Cl. The second kappa shape index (κ2) is 4.31. The van der Waals surface area contributed by atoms with E-state index >= 15 is 0 Å². The predicted molar refractivity (Wildman–Crippen MR) is 71.1 cm³/mol. The molecule has 2 aromatic carbocycles. The zero-order valence-corrected chi connectivity index (χ0v) is 10.6. The van der Waals surface area contributed by atoms with Gasteiger partial charge in [-0.2, -0.15) is 0 Å². The predicted octanol–water partition coefficient (Wildman–Crippen LogP) is 4.93. The summed E-state index contributed by atoms with van der Waals surface area (Å²) < 4.78 is 0. The van der Waals surface area contributed by atoms with Crippen molar-refractivity contribution in [3.8, 4) is 11.1 Å². The fourth-order valence-corrected chi connectivity index (χ4v) is 2.23. The summed E-state index contributed by atoms with van der Waals surface area (Å²) in [5.41, 5.74) is 6.23. The maximum atomic E-state index is 6.09. The normalized spacial score (nSPS) is 10.5. The van der Waals surface area contributed by atoms with E-state index in [1.54, 1.807) is 0 Å². The van der Waals surface area contributed by atoms with Crippen molar-refractivity contribution in [3.05, 3.63) is 58.1 Å². The van der Waals surface area contributed by atoms with Gasteiger partial charge in [0.2, 0.25) is 0 Å². The van der Waals surface area contributed by atoms with E-state index < -0.39 is 0 Å². The summed E-state index contributed by atoms with van der Waals surface area (Å²) in [6, 6.07) is 12.7. The van der Waals surface area contributed by atoms with Crippen molar-refractivity contribution in [1.82, 2.24) is 0 Å². The maximum absolute atomic E-state index is 6.09. The summed E-state index contributed by atoms with van der Waals surface area (Å²) in [6.07, 6.45) is 0. The van der Waals surface area contributed by atoms with Gasteiger partial charge in [0.15, 0.2) is 0 Å². The highest BCUT2D eigenvalue weighted by Crippen LogP contribution is 2.28. The van der Waals surface area contributed by atoms with E-state index in [2.05, 4.69) is 45.0 Å². The van der Waals surface area contributed by atoms with Gasteiger partial charge in [0, 0.05) is 5.02 Å². The Hall–Kier alpha value is -1.27. The van der Waals surface area contributed by atoms with Crippen molar-refractivity contribution in [1.29, 1.82) is 0 Å². The quantitative estimate of drug-likeness (QED) is 0.652. The molecule has 0 aliphatic rings. The number of benzene rings is 2. The van der Waals surface area contributed by atoms with Gasteiger partial charge in [0.25, 0.3) is 0 Å². The third-order valence-corrected chi connectivity index (χ3v) is 2.96. The van der Waals surface area contributed by atoms with E-state index in [0.29, 0.717) is 0 Å². The Labute approximate surface area is 102 Å². The molecule has 0 bridgehead atoms. The van der Waals surface area contributed by atoms with Gasteiger partial charge in [-0.05, 0) is 55.2 Å². The monoisotopic (exact) mass is 230 g/mol. The molecule has 0 saturated heterocycles. The summed E-state index contributed by atoms with van der Waals surface area (Å²) in [7, 11) is 0. The van der Waals surface area contributed by atoms with Crippen LogP contribution in [0.5, 0.6) is 0 Å². The van der Waals surface area contributed by atoms with Crippen molar-refractivity contribution in [2.24, 2.45) is 0 Å². The zero-order valence-electron chi connectivity index (χ0n) is 9.84. The summed E-state index contributed by atoms with van der Waals surface area (Å²) in [5.74, 6) is 0. The van der Waals surface area contributed by atoms with E-state index in [1.165, 1.54) is 27.8 Å². The second-order valence-corrected chi connectivity index (χ2v) is 4.77.